The van der Waals surface area contributed by atoms with Crippen molar-refractivity contribution in [2.24, 2.45) is 18.9 Å². The van der Waals surface area contributed by atoms with Crippen LogP contribution in [-0.2, 0) is 13.5 Å². The van der Waals surface area contributed by atoms with Crippen LogP contribution in [0.15, 0.2) is 0 Å². The summed E-state index contributed by atoms with van der Waals surface area (Å²) in [7, 11) is 1.89. The molecule has 0 radical (unpaired) electrons. The summed E-state index contributed by atoms with van der Waals surface area (Å²) in [5.74, 6) is 1.04. The zero-order valence-electron chi connectivity index (χ0n) is 10.8. The van der Waals surface area contributed by atoms with Gasteiger partial charge in [-0.1, -0.05) is 31.4 Å². The van der Waals surface area contributed by atoms with Crippen molar-refractivity contribution in [3.8, 4) is 0 Å². The van der Waals surface area contributed by atoms with E-state index in [2.05, 4.69) is 12.0 Å². The SMILES string of the molecule is Cc1nn(C)c(CC(O)C2CCCC2C)c1Cl. The minimum absolute atomic E-state index is 0.292. The van der Waals surface area contributed by atoms with E-state index in [1.165, 1.54) is 12.8 Å². The van der Waals surface area contributed by atoms with Gasteiger partial charge in [0.1, 0.15) is 0 Å². The quantitative estimate of drug-likeness (QED) is 0.903. The molecule has 3 atom stereocenters. The molecule has 4 heteroatoms. The second kappa shape index (κ2) is 4.99. The number of halogens is 1. The summed E-state index contributed by atoms with van der Waals surface area (Å²) < 4.78 is 1.79. The molecule has 2 rings (SSSR count). The first-order valence-corrected chi connectivity index (χ1v) is 6.74. The Kier molecular flexibility index (Phi) is 3.79. The molecule has 1 heterocycles. The molecule has 0 aliphatic heterocycles. The molecule has 96 valence electrons. The minimum Gasteiger partial charge on any atom is -0.392 e. The summed E-state index contributed by atoms with van der Waals surface area (Å²) in [5.41, 5.74) is 1.80. The van der Waals surface area contributed by atoms with Gasteiger partial charge in [0.15, 0.2) is 0 Å². The van der Waals surface area contributed by atoms with Crippen molar-refractivity contribution < 1.29 is 5.11 Å². The van der Waals surface area contributed by atoms with Gasteiger partial charge in [0.2, 0.25) is 0 Å². The van der Waals surface area contributed by atoms with Gasteiger partial charge < -0.3 is 5.11 Å². The number of aryl methyl sites for hydroxylation is 2. The molecule has 1 aromatic heterocycles. The molecular formula is C13H21ClN2O. The van der Waals surface area contributed by atoms with Crippen molar-refractivity contribution in [1.82, 2.24) is 9.78 Å². The highest BCUT2D eigenvalue weighted by Crippen LogP contribution is 2.35. The Morgan fingerprint density at radius 3 is 2.71 bits per heavy atom. The van der Waals surface area contributed by atoms with E-state index in [1.807, 2.05) is 14.0 Å². The first-order chi connectivity index (χ1) is 8.00. The summed E-state index contributed by atoms with van der Waals surface area (Å²) in [6.07, 6.45) is 3.93. The molecule has 1 N–H and O–H groups in total. The lowest BCUT2D eigenvalue weighted by Gasteiger charge is -2.22. The average molecular weight is 257 g/mol. The van der Waals surface area contributed by atoms with Crippen molar-refractivity contribution in [3.05, 3.63) is 16.4 Å². The maximum Gasteiger partial charge on any atom is 0.0847 e. The van der Waals surface area contributed by atoms with E-state index in [0.717, 1.165) is 17.8 Å². The van der Waals surface area contributed by atoms with Crippen molar-refractivity contribution in [2.75, 3.05) is 0 Å². The van der Waals surface area contributed by atoms with E-state index in [4.69, 9.17) is 11.6 Å². The third-order valence-electron chi connectivity index (χ3n) is 4.09. The zero-order valence-corrected chi connectivity index (χ0v) is 11.5. The lowest BCUT2D eigenvalue weighted by Crippen LogP contribution is -2.25. The van der Waals surface area contributed by atoms with E-state index in [-0.39, 0.29) is 6.10 Å². The van der Waals surface area contributed by atoms with Gasteiger partial charge in [-0.25, -0.2) is 0 Å². The van der Waals surface area contributed by atoms with Crippen LogP contribution in [-0.4, -0.2) is 21.0 Å². The summed E-state index contributed by atoms with van der Waals surface area (Å²) in [4.78, 5) is 0. The Labute approximate surface area is 108 Å². The van der Waals surface area contributed by atoms with Crippen LogP contribution in [0.1, 0.15) is 37.6 Å². The van der Waals surface area contributed by atoms with Crippen LogP contribution in [0.5, 0.6) is 0 Å². The Morgan fingerprint density at radius 1 is 1.53 bits per heavy atom. The fourth-order valence-electron chi connectivity index (χ4n) is 3.00. The normalized spacial score (nSPS) is 26.4. The molecule has 1 fully saturated rings. The predicted octanol–water partition coefficient (Wildman–Crippen LogP) is 2.72. The number of nitrogens with zero attached hydrogens (tertiary/aromatic N) is 2. The summed E-state index contributed by atoms with van der Waals surface area (Å²) in [6.45, 7) is 4.13. The van der Waals surface area contributed by atoms with Crippen LogP contribution in [0.2, 0.25) is 5.02 Å². The van der Waals surface area contributed by atoms with Gasteiger partial charge in [-0.05, 0) is 25.2 Å². The first kappa shape index (κ1) is 12.9. The van der Waals surface area contributed by atoms with E-state index < -0.39 is 0 Å². The van der Waals surface area contributed by atoms with Crippen LogP contribution in [0.25, 0.3) is 0 Å². The Bertz CT molecular complexity index is 402. The van der Waals surface area contributed by atoms with Gasteiger partial charge in [-0.3, -0.25) is 4.68 Å². The van der Waals surface area contributed by atoms with Crippen molar-refractivity contribution in [3.63, 3.8) is 0 Å². The largest absolute Gasteiger partial charge is 0.392 e. The molecule has 0 spiro atoms. The van der Waals surface area contributed by atoms with Crippen LogP contribution >= 0.6 is 11.6 Å². The molecule has 0 saturated heterocycles. The molecule has 0 aromatic carbocycles. The standard InChI is InChI=1S/C13H21ClN2O/c1-8-5-4-6-10(8)12(17)7-11-13(14)9(2)15-16(11)3/h8,10,12,17H,4-7H2,1-3H3. The third-order valence-corrected chi connectivity index (χ3v) is 4.58. The van der Waals surface area contributed by atoms with Gasteiger partial charge in [0.25, 0.3) is 0 Å². The van der Waals surface area contributed by atoms with E-state index in [9.17, 15) is 5.11 Å². The molecule has 1 aliphatic rings. The number of aliphatic hydroxyl groups is 1. The van der Waals surface area contributed by atoms with Crippen LogP contribution in [0.4, 0.5) is 0 Å². The van der Waals surface area contributed by atoms with Crippen LogP contribution in [0.3, 0.4) is 0 Å². The lowest BCUT2D eigenvalue weighted by molar-refractivity contribution is 0.0884. The highest BCUT2D eigenvalue weighted by Gasteiger charge is 2.30. The second-order valence-corrected chi connectivity index (χ2v) is 5.69. The second-order valence-electron chi connectivity index (χ2n) is 5.31. The smallest absolute Gasteiger partial charge is 0.0847 e. The number of hydrogen-bond donors (Lipinski definition) is 1. The number of rotatable bonds is 3. The Hall–Kier alpha value is -0.540. The molecule has 0 bridgehead atoms. The predicted molar refractivity (Wildman–Crippen MR) is 69.2 cm³/mol. The molecule has 1 saturated carbocycles. The maximum atomic E-state index is 10.3. The maximum absolute atomic E-state index is 10.3. The third kappa shape index (κ3) is 2.50. The highest BCUT2D eigenvalue weighted by atomic mass is 35.5. The average Bonchev–Trinajstić information content (AvgIpc) is 2.78. The number of hydrogen-bond acceptors (Lipinski definition) is 2. The topological polar surface area (TPSA) is 38.0 Å². The summed E-state index contributed by atoms with van der Waals surface area (Å²) in [5, 5.41) is 15.3. The summed E-state index contributed by atoms with van der Waals surface area (Å²) in [6, 6.07) is 0. The summed E-state index contributed by atoms with van der Waals surface area (Å²) >= 11 is 6.21. The molecule has 17 heavy (non-hydrogen) atoms. The van der Waals surface area contributed by atoms with Crippen molar-refractivity contribution in [1.29, 1.82) is 0 Å². The fraction of sp³-hybridized carbons (Fsp3) is 0.769. The van der Waals surface area contributed by atoms with Crippen molar-refractivity contribution >= 4 is 11.6 Å². The number of aromatic nitrogens is 2. The first-order valence-electron chi connectivity index (χ1n) is 6.36. The van der Waals surface area contributed by atoms with E-state index in [1.54, 1.807) is 4.68 Å². The van der Waals surface area contributed by atoms with Gasteiger partial charge in [-0.15, -0.1) is 0 Å². The van der Waals surface area contributed by atoms with Gasteiger partial charge in [0.05, 0.1) is 22.5 Å². The van der Waals surface area contributed by atoms with Gasteiger partial charge in [-0.2, -0.15) is 5.10 Å². The molecular weight excluding hydrogens is 236 g/mol. The van der Waals surface area contributed by atoms with Gasteiger partial charge >= 0.3 is 0 Å². The van der Waals surface area contributed by atoms with E-state index in [0.29, 0.717) is 23.3 Å². The molecule has 3 nitrogen and oxygen atoms in total. The van der Waals surface area contributed by atoms with E-state index >= 15 is 0 Å². The fourth-order valence-corrected chi connectivity index (χ4v) is 3.23. The molecule has 1 aromatic rings. The molecule has 3 unspecified atom stereocenters. The molecule has 0 amide bonds. The molecule has 1 aliphatic carbocycles. The monoisotopic (exact) mass is 256 g/mol. The Morgan fingerprint density at radius 2 is 2.24 bits per heavy atom. The lowest BCUT2D eigenvalue weighted by atomic mass is 9.90. The number of aliphatic hydroxyl groups excluding tert-OH is 1. The van der Waals surface area contributed by atoms with Crippen LogP contribution < -0.4 is 0 Å². The van der Waals surface area contributed by atoms with Crippen molar-refractivity contribution in [2.45, 2.75) is 45.6 Å². The van der Waals surface area contributed by atoms with Crippen LogP contribution in [0, 0.1) is 18.8 Å². The minimum atomic E-state index is -0.292. The van der Waals surface area contributed by atoms with Gasteiger partial charge in [0, 0.05) is 13.5 Å². The highest BCUT2D eigenvalue weighted by molar-refractivity contribution is 6.31. The Balaban J connectivity index is 2.10. The zero-order chi connectivity index (χ0) is 12.6.